The van der Waals surface area contributed by atoms with Crippen LogP contribution in [-0.4, -0.2) is 50.6 Å². The van der Waals surface area contributed by atoms with Gasteiger partial charge >= 0.3 is 0 Å². The molecule has 16 heavy (non-hydrogen) atoms. The van der Waals surface area contributed by atoms with Crippen LogP contribution in [0.4, 0.5) is 0 Å². The van der Waals surface area contributed by atoms with Gasteiger partial charge < -0.3 is 11.1 Å². The molecule has 0 aromatic rings. The summed E-state index contributed by atoms with van der Waals surface area (Å²) in [6.07, 6.45) is 0. The van der Waals surface area contributed by atoms with Crippen LogP contribution in [0.5, 0.6) is 0 Å². The molecule has 0 aliphatic carbocycles. The predicted octanol–water partition coefficient (Wildman–Crippen LogP) is -0.808. The summed E-state index contributed by atoms with van der Waals surface area (Å²) in [5.41, 5.74) is 5.56. The molecule has 1 rings (SSSR count). The molecule has 1 saturated heterocycles. The highest BCUT2D eigenvalue weighted by molar-refractivity contribution is 7.89. The third kappa shape index (κ3) is 3.34. The summed E-state index contributed by atoms with van der Waals surface area (Å²) in [5.74, 6) is 0.903. The van der Waals surface area contributed by atoms with E-state index in [0.29, 0.717) is 31.5 Å². The van der Waals surface area contributed by atoms with Gasteiger partial charge in [-0.15, -0.1) is 0 Å². The van der Waals surface area contributed by atoms with Gasteiger partial charge in [0, 0.05) is 32.1 Å². The lowest BCUT2D eigenvalue weighted by atomic mass is 10.0. The highest BCUT2D eigenvalue weighted by Gasteiger charge is 2.34. The van der Waals surface area contributed by atoms with E-state index < -0.39 is 10.0 Å². The number of sulfonamides is 1. The van der Waals surface area contributed by atoms with Gasteiger partial charge in [0.15, 0.2) is 5.96 Å². The Morgan fingerprint density at radius 2 is 2.12 bits per heavy atom. The number of guanidine groups is 1. The summed E-state index contributed by atoms with van der Waals surface area (Å²) in [6, 6.07) is 0. The minimum atomic E-state index is -3.01. The topological polar surface area (TPSA) is 87.8 Å². The third-order valence-electron chi connectivity index (χ3n) is 2.56. The number of nitrogens with two attached hydrogens (primary N) is 1. The fraction of sp³-hybridized carbons (Fsp3) is 0.889. The maximum absolute atomic E-state index is 11.4. The second-order valence-corrected chi connectivity index (χ2v) is 6.10. The van der Waals surface area contributed by atoms with Crippen molar-refractivity contribution in [3.63, 3.8) is 0 Å². The lowest BCUT2D eigenvalue weighted by molar-refractivity contribution is 0.208. The van der Waals surface area contributed by atoms with Gasteiger partial charge in [0.25, 0.3) is 0 Å². The zero-order valence-electron chi connectivity index (χ0n) is 9.81. The van der Waals surface area contributed by atoms with Crippen LogP contribution < -0.4 is 11.1 Å². The van der Waals surface area contributed by atoms with Crippen molar-refractivity contribution in [2.75, 3.05) is 31.9 Å². The maximum Gasteiger partial charge on any atom is 0.213 e. The molecule has 1 fully saturated rings. The Hall–Kier alpha value is -0.820. The van der Waals surface area contributed by atoms with Crippen molar-refractivity contribution in [3.8, 4) is 0 Å². The summed E-state index contributed by atoms with van der Waals surface area (Å²) in [4.78, 5) is 4.14. The molecule has 1 aliphatic heterocycles. The van der Waals surface area contributed by atoms with Gasteiger partial charge in [0.05, 0.1) is 5.75 Å². The van der Waals surface area contributed by atoms with Crippen LogP contribution in [0.1, 0.15) is 13.8 Å². The van der Waals surface area contributed by atoms with E-state index in [1.807, 2.05) is 6.92 Å². The molecule has 1 aliphatic rings. The predicted molar refractivity (Wildman–Crippen MR) is 64.7 cm³/mol. The number of hydrogen-bond acceptors (Lipinski definition) is 3. The Bertz CT molecular complexity index is 347. The van der Waals surface area contributed by atoms with E-state index in [9.17, 15) is 8.42 Å². The Kier molecular flexibility index (Phi) is 4.55. The van der Waals surface area contributed by atoms with Crippen LogP contribution in [0, 0.1) is 5.92 Å². The van der Waals surface area contributed by atoms with Crippen LogP contribution in [0.2, 0.25) is 0 Å². The summed E-state index contributed by atoms with van der Waals surface area (Å²) in [7, 11) is -3.01. The minimum absolute atomic E-state index is 0.169. The van der Waals surface area contributed by atoms with Gasteiger partial charge in [0.2, 0.25) is 10.0 Å². The molecule has 0 aromatic carbocycles. The van der Waals surface area contributed by atoms with E-state index in [0.717, 1.165) is 6.54 Å². The van der Waals surface area contributed by atoms with Crippen molar-refractivity contribution in [2.45, 2.75) is 13.8 Å². The largest absolute Gasteiger partial charge is 0.370 e. The standard InChI is InChI=1S/C9H20N4O2S/c1-3-11-9(10)12-5-8-6-13(7-8)16(14,15)4-2/h8H,3-7H2,1-2H3,(H3,10,11,12). The molecule has 0 bridgehead atoms. The van der Waals surface area contributed by atoms with E-state index >= 15 is 0 Å². The molecule has 0 saturated carbocycles. The number of rotatable bonds is 5. The SMILES string of the molecule is CCNC(N)=NCC1CN(S(=O)(=O)CC)C1. The van der Waals surface area contributed by atoms with Crippen LogP contribution in [0.3, 0.4) is 0 Å². The Balaban J connectivity index is 2.30. The zero-order chi connectivity index (χ0) is 12.2. The van der Waals surface area contributed by atoms with Crippen molar-refractivity contribution in [3.05, 3.63) is 0 Å². The van der Waals surface area contributed by atoms with Gasteiger partial charge in [-0.3, -0.25) is 4.99 Å². The molecule has 7 heteroatoms. The number of nitrogens with zero attached hydrogens (tertiary/aromatic N) is 2. The first-order valence-corrected chi connectivity index (χ1v) is 7.12. The fourth-order valence-electron chi connectivity index (χ4n) is 1.51. The van der Waals surface area contributed by atoms with Crippen molar-refractivity contribution >= 4 is 16.0 Å². The highest BCUT2D eigenvalue weighted by Crippen LogP contribution is 2.19. The summed E-state index contributed by atoms with van der Waals surface area (Å²) in [6.45, 7) is 6.08. The van der Waals surface area contributed by atoms with Gasteiger partial charge in [-0.05, 0) is 13.8 Å². The molecule has 94 valence electrons. The maximum atomic E-state index is 11.4. The summed E-state index contributed by atoms with van der Waals surface area (Å²) < 4.78 is 24.3. The van der Waals surface area contributed by atoms with Crippen LogP contribution in [0.25, 0.3) is 0 Å². The second-order valence-electron chi connectivity index (χ2n) is 3.84. The van der Waals surface area contributed by atoms with E-state index in [1.165, 1.54) is 4.31 Å². The zero-order valence-corrected chi connectivity index (χ0v) is 10.6. The molecular weight excluding hydrogens is 228 g/mol. The Morgan fingerprint density at radius 3 is 2.62 bits per heavy atom. The molecule has 0 atom stereocenters. The van der Waals surface area contributed by atoms with Crippen molar-refractivity contribution in [1.29, 1.82) is 0 Å². The van der Waals surface area contributed by atoms with Crippen molar-refractivity contribution in [2.24, 2.45) is 16.6 Å². The minimum Gasteiger partial charge on any atom is -0.370 e. The number of hydrogen-bond donors (Lipinski definition) is 2. The van der Waals surface area contributed by atoms with E-state index in [1.54, 1.807) is 6.92 Å². The van der Waals surface area contributed by atoms with E-state index in [4.69, 9.17) is 5.73 Å². The molecule has 6 nitrogen and oxygen atoms in total. The van der Waals surface area contributed by atoms with Crippen LogP contribution in [-0.2, 0) is 10.0 Å². The van der Waals surface area contributed by atoms with E-state index in [2.05, 4.69) is 10.3 Å². The Labute approximate surface area is 97.0 Å². The average molecular weight is 248 g/mol. The van der Waals surface area contributed by atoms with Gasteiger partial charge in [-0.2, -0.15) is 0 Å². The lowest BCUT2D eigenvalue weighted by Gasteiger charge is -2.37. The van der Waals surface area contributed by atoms with Crippen molar-refractivity contribution in [1.82, 2.24) is 9.62 Å². The lowest BCUT2D eigenvalue weighted by Crippen LogP contribution is -2.51. The van der Waals surface area contributed by atoms with Gasteiger partial charge in [-0.25, -0.2) is 12.7 Å². The monoisotopic (exact) mass is 248 g/mol. The molecule has 0 spiro atoms. The van der Waals surface area contributed by atoms with E-state index in [-0.39, 0.29) is 5.75 Å². The quantitative estimate of drug-likeness (QED) is 0.492. The average Bonchev–Trinajstić information content (AvgIpc) is 2.15. The Morgan fingerprint density at radius 1 is 1.50 bits per heavy atom. The third-order valence-corrected chi connectivity index (χ3v) is 4.37. The number of nitrogens with one attached hydrogen (secondary N) is 1. The molecule has 3 N–H and O–H groups in total. The molecule has 0 aromatic heterocycles. The molecule has 0 amide bonds. The normalized spacial score (nSPS) is 19.5. The first kappa shape index (κ1) is 13.2. The highest BCUT2D eigenvalue weighted by atomic mass is 32.2. The van der Waals surface area contributed by atoms with Gasteiger partial charge in [-0.1, -0.05) is 0 Å². The fourth-order valence-corrected chi connectivity index (χ4v) is 2.75. The van der Waals surface area contributed by atoms with Crippen molar-refractivity contribution < 1.29 is 8.42 Å². The first-order chi connectivity index (χ1) is 7.49. The first-order valence-electron chi connectivity index (χ1n) is 5.51. The summed E-state index contributed by atoms with van der Waals surface area (Å²) in [5, 5.41) is 2.90. The summed E-state index contributed by atoms with van der Waals surface area (Å²) >= 11 is 0. The molecule has 0 radical (unpaired) electrons. The number of aliphatic imine (C=N–C) groups is 1. The van der Waals surface area contributed by atoms with Crippen LogP contribution in [0.15, 0.2) is 4.99 Å². The second kappa shape index (κ2) is 5.49. The molecule has 1 heterocycles. The molecule has 0 unspecified atom stereocenters. The van der Waals surface area contributed by atoms with Crippen LogP contribution >= 0.6 is 0 Å². The molecular formula is C9H20N4O2S. The van der Waals surface area contributed by atoms with Gasteiger partial charge in [0.1, 0.15) is 0 Å². The smallest absolute Gasteiger partial charge is 0.213 e.